The third-order valence-corrected chi connectivity index (χ3v) is 3.10. The Kier molecular flexibility index (Phi) is 4.91. The van der Waals surface area contributed by atoms with E-state index in [1.54, 1.807) is 6.07 Å². The van der Waals surface area contributed by atoms with Gasteiger partial charge in [0.05, 0.1) is 6.10 Å². The minimum Gasteiger partial charge on any atom is -0.491 e. The first-order chi connectivity index (χ1) is 9.95. The van der Waals surface area contributed by atoms with Gasteiger partial charge >= 0.3 is 0 Å². The lowest BCUT2D eigenvalue weighted by atomic mass is 9.99. The molecule has 2 rings (SSSR count). The fourth-order valence-electron chi connectivity index (χ4n) is 2.13. The molecule has 0 radical (unpaired) electrons. The van der Waals surface area contributed by atoms with Gasteiger partial charge in [-0.15, -0.1) is 0 Å². The fourth-order valence-corrected chi connectivity index (χ4v) is 2.13. The van der Waals surface area contributed by atoms with Gasteiger partial charge in [-0.25, -0.2) is 8.78 Å². The Balaban J connectivity index is 2.12. The molecule has 1 atom stereocenters. The van der Waals surface area contributed by atoms with Gasteiger partial charge in [0.25, 0.3) is 0 Å². The summed E-state index contributed by atoms with van der Waals surface area (Å²) in [5.74, 6) is -0.945. The number of hydrogen-bond acceptors (Lipinski definition) is 2. The van der Waals surface area contributed by atoms with E-state index < -0.39 is 11.6 Å². The maximum absolute atomic E-state index is 13.2. The molecule has 2 aromatic carbocycles. The van der Waals surface area contributed by atoms with Crippen molar-refractivity contribution >= 4 is 0 Å². The molecule has 0 aromatic heterocycles. The molecule has 0 spiro atoms. The van der Waals surface area contributed by atoms with Crippen LogP contribution in [0.1, 0.15) is 31.0 Å². The van der Waals surface area contributed by atoms with Gasteiger partial charge < -0.3 is 10.5 Å². The summed E-state index contributed by atoms with van der Waals surface area (Å²) < 4.78 is 31.7. The number of hydrogen-bond donors (Lipinski definition) is 1. The van der Waals surface area contributed by atoms with Crippen molar-refractivity contribution in [2.75, 3.05) is 0 Å². The molecule has 0 aliphatic carbocycles. The topological polar surface area (TPSA) is 35.2 Å². The van der Waals surface area contributed by atoms with Crippen LogP contribution in [0.3, 0.4) is 0 Å². The van der Waals surface area contributed by atoms with Crippen LogP contribution in [0.25, 0.3) is 0 Å². The van der Waals surface area contributed by atoms with Gasteiger partial charge in [0.1, 0.15) is 5.75 Å². The van der Waals surface area contributed by atoms with Gasteiger partial charge in [-0.2, -0.15) is 0 Å². The van der Waals surface area contributed by atoms with Crippen LogP contribution in [0, 0.1) is 11.6 Å². The van der Waals surface area contributed by atoms with Crippen molar-refractivity contribution in [3.8, 4) is 5.75 Å². The summed E-state index contributed by atoms with van der Waals surface area (Å²) >= 11 is 0. The highest BCUT2D eigenvalue weighted by Gasteiger charge is 2.10. The minimum absolute atomic E-state index is 0.0858. The normalized spacial score (nSPS) is 12.5. The van der Waals surface area contributed by atoms with Crippen LogP contribution < -0.4 is 10.5 Å². The van der Waals surface area contributed by atoms with E-state index in [1.807, 2.05) is 38.1 Å². The second kappa shape index (κ2) is 6.68. The summed E-state index contributed by atoms with van der Waals surface area (Å²) in [4.78, 5) is 0. The van der Waals surface area contributed by atoms with Gasteiger partial charge in [-0.1, -0.05) is 18.2 Å². The van der Waals surface area contributed by atoms with E-state index in [4.69, 9.17) is 10.5 Å². The maximum atomic E-state index is 13.2. The Morgan fingerprint density at radius 2 is 1.81 bits per heavy atom. The summed E-state index contributed by atoms with van der Waals surface area (Å²) in [5.41, 5.74) is 7.71. The summed E-state index contributed by atoms with van der Waals surface area (Å²) in [6.07, 6.45) is 0.519. The zero-order valence-electron chi connectivity index (χ0n) is 12.1. The quantitative estimate of drug-likeness (QED) is 0.904. The highest BCUT2D eigenvalue weighted by Crippen LogP contribution is 2.22. The zero-order chi connectivity index (χ0) is 15.4. The van der Waals surface area contributed by atoms with Gasteiger partial charge in [0, 0.05) is 6.04 Å². The van der Waals surface area contributed by atoms with E-state index in [-0.39, 0.29) is 12.1 Å². The van der Waals surface area contributed by atoms with E-state index in [0.29, 0.717) is 12.0 Å². The lowest BCUT2D eigenvalue weighted by Crippen LogP contribution is -2.14. The third kappa shape index (κ3) is 4.26. The molecular formula is C17H19F2NO. The van der Waals surface area contributed by atoms with Gasteiger partial charge in [-0.3, -0.25) is 0 Å². The molecule has 0 aliphatic heterocycles. The maximum Gasteiger partial charge on any atom is 0.159 e. The number of ether oxygens (including phenoxy) is 1. The van der Waals surface area contributed by atoms with Gasteiger partial charge in [-0.05, 0) is 55.7 Å². The minimum atomic E-state index is -0.850. The van der Waals surface area contributed by atoms with E-state index >= 15 is 0 Å². The van der Waals surface area contributed by atoms with Crippen LogP contribution in [-0.4, -0.2) is 6.10 Å². The Morgan fingerprint density at radius 1 is 1.05 bits per heavy atom. The van der Waals surface area contributed by atoms with Crippen molar-refractivity contribution in [3.63, 3.8) is 0 Å². The van der Waals surface area contributed by atoms with Crippen LogP contribution >= 0.6 is 0 Å². The lowest BCUT2D eigenvalue weighted by Gasteiger charge is -2.15. The van der Waals surface area contributed by atoms with Crippen molar-refractivity contribution < 1.29 is 13.5 Å². The molecule has 0 amide bonds. The smallest absolute Gasteiger partial charge is 0.159 e. The standard InChI is InChI=1S/C17H19F2NO/c1-11(2)21-14-5-3-4-13(10-14)17(20)9-12-6-7-15(18)16(19)8-12/h3-8,10-11,17H,9,20H2,1-2H3. The van der Waals surface area contributed by atoms with Crippen LogP contribution in [0.5, 0.6) is 5.75 Å². The molecule has 2 nitrogen and oxygen atoms in total. The molecule has 21 heavy (non-hydrogen) atoms. The van der Waals surface area contributed by atoms with E-state index in [9.17, 15) is 8.78 Å². The zero-order valence-corrected chi connectivity index (χ0v) is 12.1. The molecule has 1 unspecified atom stereocenters. The molecule has 2 aromatic rings. The molecule has 2 N–H and O–H groups in total. The van der Waals surface area contributed by atoms with Crippen molar-refractivity contribution in [2.24, 2.45) is 5.73 Å². The summed E-state index contributed by atoms with van der Waals surface area (Å²) in [5, 5.41) is 0. The molecule has 112 valence electrons. The molecular weight excluding hydrogens is 272 g/mol. The van der Waals surface area contributed by atoms with Crippen molar-refractivity contribution in [3.05, 3.63) is 65.2 Å². The number of rotatable bonds is 5. The second-order valence-electron chi connectivity index (χ2n) is 5.30. The monoisotopic (exact) mass is 291 g/mol. The molecule has 0 bridgehead atoms. The van der Waals surface area contributed by atoms with Crippen LogP contribution in [0.15, 0.2) is 42.5 Å². The van der Waals surface area contributed by atoms with Crippen LogP contribution in [0.2, 0.25) is 0 Å². The van der Waals surface area contributed by atoms with Gasteiger partial charge in [0.15, 0.2) is 11.6 Å². The Bertz CT molecular complexity index is 613. The average molecular weight is 291 g/mol. The van der Waals surface area contributed by atoms with Crippen molar-refractivity contribution in [1.29, 1.82) is 0 Å². The van der Waals surface area contributed by atoms with Crippen molar-refractivity contribution in [1.82, 2.24) is 0 Å². The number of benzene rings is 2. The fraction of sp³-hybridized carbons (Fsp3) is 0.294. The SMILES string of the molecule is CC(C)Oc1cccc(C(N)Cc2ccc(F)c(F)c2)c1. The second-order valence-corrected chi connectivity index (χ2v) is 5.30. The Labute approximate surface area is 123 Å². The summed E-state index contributed by atoms with van der Waals surface area (Å²) in [6, 6.07) is 11.1. The molecule has 4 heteroatoms. The highest BCUT2D eigenvalue weighted by atomic mass is 19.2. The first-order valence-corrected chi connectivity index (χ1v) is 6.92. The summed E-state index contributed by atoms with van der Waals surface area (Å²) in [7, 11) is 0. The van der Waals surface area contributed by atoms with Crippen molar-refractivity contribution in [2.45, 2.75) is 32.4 Å². The average Bonchev–Trinajstić information content (AvgIpc) is 2.42. The molecule has 0 heterocycles. The first-order valence-electron chi connectivity index (χ1n) is 6.92. The van der Waals surface area contributed by atoms with E-state index in [2.05, 4.69) is 0 Å². The number of halogens is 2. The Morgan fingerprint density at radius 3 is 2.48 bits per heavy atom. The number of nitrogens with two attached hydrogens (primary N) is 1. The van der Waals surface area contributed by atoms with E-state index in [1.165, 1.54) is 6.07 Å². The van der Waals surface area contributed by atoms with Crippen LogP contribution in [0.4, 0.5) is 8.78 Å². The van der Waals surface area contributed by atoms with E-state index in [0.717, 1.165) is 17.4 Å². The predicted octanol–water partition coefficient (Wildman–Crippen LogP) is 3.99. The molecule has 0 fully saturated rings. The molecule has 0 aliphatic rings. The Hall–Kier alpha value is -1.94. The third-order valence-electron chi connectivity index (χ3n) is 3.10. The summed E-state index contributed by atoms with van der Waals surface area (Å²) in [6.45, 7) is 3.90. The molecule has 0 saturated carbocycles. The highest BCUT2D eigenvalue weighted by molar-refractivity contribution is 5.32. The first kappa shape index (κ1) is 15.4. The van der Waals surface area contributed by atoms with Gasteiger partial charge in [0.2, 0.25) is 0 Å². The predicted molar refractivity (Wildman–Crippen MR) is 79.2 cm³/mol. The molecule has 0 saturated heterocycles. The largest absolute Gasteiger partial charge is 0.491 e. The van der Waals surface area contributed by atoms with Crippen LogP contribution in [-0.2, 0) is 6.42 Å². The lowest BCUT2D eigenvalue weighted by molar-refractivity contribution is 0.242.